The van der Waals surface area contributed by atoms with Crippen LogP contribution in [0.5, 0.6) is 0 Å². The van der Waals surface area contributed by atoms with E-state index in [4.69, 9.17) is 0 Å². The maximum Gasteiger partial charge on any atom is 0.128 e. The van der Waals surface area contributed by atoms with Gasteiger partial charge in [0, 0.05) is 51.8 Å². The molecule has 5 heteroatoms. The average molecular weight is 430 g/mol. The number of aromatic amines is 1. The Kier molecular flexibility index (Phi) is 4.85. The molecule has 0 bridgehead atoms. The molecule has 0 saturated heterocycles. The van der Waals surface area contributed by atoms with Crippen molar-refractivity contribution in [2.45, 2.75) is 0 Å². The van der Waals surface area contributed by atoms with Gasteiger partial charge in [-0.2, -0.15) is 0 Å². The predicted octanol–water partition coefficient (Wildman–Crippen LogP) is 5.99. The van der Waals surface area contributed by atoms with E-state index in [9.17, 15) is 0 Å². The van der Waals surface area contributed by atoms with Crippen LogP contribution < -0.4 is 10.6 Å². The minimum atomic E-state index is 0.845. The van der Waals surface area contributed by atoms with Crippen LogP contribution in [0.3, 0.4) is 0 Å². The predicted molar refractivity (Wildman–Crippen MR) is 136 cm³/mol. The molecule has 0 saturated carbocycles. The highest BCUT2D eigenvalue weighted by Crippen LogP contribution is 2.28. The summed E-state index contributed by atoms with van der Waals surface area (Å²) in [6, 6.07) is 31.4. The van der Waals surface area contributed by atoms with Crippen LogP contribution in [0.15, 0.2) is 102 Å². The lowest BCUT2D eigenvalue weighted by atomic mass is 10.1. The first kappa shape index (κ1) is 19.3. The fraction of sp³-hybridized carbons (Fsp3) is 0.0714. The lowest BCUT2D eigenvalue weighted by Gasteiger charge is -2.08. The number of hydrogen-bond acceptors (Lipinski definition) is 4. The van der Waals surface area contributed by atoms with Crippen LogP contribution >= 0.6 is 0 Å². The Labute approximate surface area is 192 Å². The summed E-state index contributed by atoms with van der Waals surface area (Å²) in [7, 11) is 0. The van der Waals surface area contributed by atoms with Gasteiger partial charge in [-0.25, -0.2) is 0 Å². The molecular formula is C28H23N5. The van der Waals surface area contributed by atoms with Crippen molar-refractivity contribution in [1.29, 1.82) is 0 Å². The number of nitrogens with one attached hydrogen (secondary N) is 3. The number of aliphatic imine (C=N–C) groups is 1. The number of amidine groups is 1. The molecule has 5 aromatic rings. The number of hydrogen-bond donors (Lipinski definition) is 3. The van der Waals surface area contributed by atoms with E-state index in [0.29, 0.717) is 0 Å². The summed E-state index contributed by atoms with van der Waals surface area (Å²) in [5.74, 6) is 0.983. The van der Waals surface area contributed by atoms with Crippen LogP contribution in [0.1, 0.15) is 5.56 Å². The Hall–Kier alpha value is -4.38. The lowest BCUT2D eigenvalue weighted by molar-refractivity contribution is 0.960. The Morgan fingerprint density at radius 2 is 1.48 bits per heavy atom. The third kappa shape index (κ3) is 3.96. The Morgan fingerprint density at radius 3 is 2.18 bits per heavy atom. The fourth-order valence-corrected chi connectivity index (χ4v) is 4.18. The van der Waals surface area contributed by atoms with E-state index >= 15 is 0 Å². The van der Waals surface area contributed by atoms with Gasteiger partial charge in [0.15, 0.2) is 0 Å². The molecule has 3 N–H and O–H groups in total. The van der Waals surface area contributed by atoms with E-state index in [0.717, 1.165) is 63.9 Å². The van der Waals surface area contributed by atoms with Crippen LogP contribution in [0.4, 0.5) is 11.4 Å². The average Bonchev–Trinajstić information content (AvgIpc) is 3.55. The Bertz CT molecular complexity index is 1430. The third-order valence-corrected chi connectivity index (χ3v) is 5.90. The second-order valence-electron chi connectivity index (χ2n) is 8.14. The third-order valence-electron chi connectivity index (χ3n) is 5.90. The van der Waals surface area contributed by atoms with Crippen molar-refractivity contribution in [2.24, 2.45) is 4.99 Å². The molecule has 5 nitrogen and oxygen atoms in total. The van der Waals surface area contributed by atoms with Crippen LogP contribution in [-0.2, 0) is 0 Å². The summed E-state index contributed by atoms with van der Waals surface area (Å²) in [5.41, 5.74) is 8.68. The van der Waals surface area contributed by atoms with Crippen molar-refractivity contribution in [3.63, 3.8) is 0 Å². The summed E-state index contributed by atoms with van der Waals surface area (Å²) in [5, 5.41) is 8.01. The monoisotopic (exact) mass is 429 g/mol. The molecule has 1 aliphatic rings. The van der Waals surface area contributed by atoms with Crippen molar-refractivity contribution in [2.75, 3.05) is 18.4 Å². The number of benzene rings is 3. The van der Waals surface area contributed by atoms with Gasteiger partial charge in [0.25, 0.3) is 0 Å². The smallest absolute Gasteiger partial charge is 0.128 e. The van der Waals surface area contributed by atoms with Crippen molar-refractivity contribution in [1.82, 2.24) is 15.3 Å². The molecule has 0 spiro atoms. The van der Waals surface area contributed by atoms with Crippen LogP contribution in [0.25, 0.3) is 33.4 Å². The number of rotatable bonds is 5. The van der Waals surface area contributed by atoms with Gasteiger partial charge in [-0.05, 0) is 54.1 Å². The van der Waals surface area contributed by atoms with Gasteiger partial charge >= 0.3 is 0 Å². The molecule has 33 heavy (non-hydrogen) atoms. The molecule has 160 valence electrons. The van der Waals surface area contributed by atoms with Gasteiger partial charge in [0.1, 0.15) is 5.84 Å². The first-order valence-electron chi connectivity index (χ1n) is 11.1. The summed E-state index contributed by atoms with van der Waals surface area (Å²) >= 11 is 0. The van der Waals surface area contributed by atoms with Gasteiger partial charge < -0.3 is 15.6 Å². The molecular weight excluding hydrogens is 406 g/mol. The molecule has 3 heterocycles. The zero-order valence-electron chi connectivity index (χ0n) is 18.0. The number of H-pyrrole nitrogens is 1. The standard InChI is InChI=1S/C28H23N5/c1-2-14-29-25(3-1)19-6-10-23(11-7-19)32-24-12-8-20(9-13-24)26-17-21-4-5-22(18-27(21)33-26)28-30-15-16-31-28/h1-14,17-18,32-33H,15-16H2,(H,30,31). The number of pyridine rings is 1. The van der Waals surface area contributed by atoms with E-state index in [1.165, 1.54) is 5.39 Å². The first-order valence-corrected chi connectivity index (χ1v) is 11.1. The fourth-order valence-electron chi connectivity index (χ4n) is 4.18. The number of aromatic nitrogens is 2. The summed E-state index contributed by atoms with van der Waals surface area (Å²) in [6.45, 7) is 1.76. The number of nitrogens with zero attached hydrogens (tertiary/aromatic N) is 2. The molecule has 6 rings (SSSR count). The van der Waals surface area contributed by atoms with Crippen molar-refractivity contribution >= 4 is 28.1 Å². The molecule has 0 radical (unpaired) electrons. The number of fused-ring (bicyclic) bond motifs is 1. The minimum Gasteiger partial charge on any atom is -0.368 e. The van der Waals surface area contributed by atoms with Gasteiger partial charge in [-0.1, -0.05) is 42.5 Å². The van der Waals surface area contributed by atoms with Crippen molar-refractivity contribution in [3.05, 3.63) is 103 Å². The highest BCUT2D eigenvalue weighted by atomic mass is 15.1. The zero-order chi connectivity index (χ0) is 22.0. The maximum absolute atomic E-state index is 4.52. The van der Waals surface area contributed by atoms with Crippen LogP contribution in [-0.4, -0.2) is 28.9 Å². The normalized spacial score (nSPS) is 13.0. The molecule has 3 aromatic carbocycles. The zero-order valence-corrected chi connectivity index (χ0v) is 18.0. The topological polar surface area (TPSA) is 65.1 Å². The molecule has 2 aromatic heterocycles. The molecule has 0 amide bonds. The molecule has 1 aliphatic heterocycles. The van der Waals surface area contributed by atoms with Gasteiger partial charge in [-0.15, -0.1) is 0 Å². The summed E-state index contributed by atoms with van der Waals surface area (Å²) in [6.07, 6.45) is 1.82. The van der Waals surface area contributed by atoms with Gasteiger partial charge in [-0.3, -0.25) is 9.98 Å². The number of anilines is 2. The largest absolute Gasteiger partial charge is 0.368 e. The van der Waals surface area contributed by atoms with E-state index in [1.54, 1.807) is 0 Å². The highest BCUT2D eigenvalue weighted by molar-refractivity contribution is 6.02. The highest BCUT2D eigenvalue weighted by Gasteiger charge is 2.10. The lowest BCUT2D eigenvalue weighted by Crippen LogP contribution is -2.19. The van der Waals surface area contributed by atoms with Gasteiger partial charge in [0.05, 0.1) is 12.2 Å². The minimum absolute atomic E-state index is 0.845. The second kappa shape index (κ2) is 8.28. The van der Waals surface area contributed by atoms with Crippen LogP contribution in [0, 0.1) is 0 Å². The molecule has 0 atom stereocenters. The van der Waals surface area contributed by atoms with E-state index in [1.807, 2.05) is 24.4 Å². The second-order valence-corrected chi connectivity index (χ2v) is 8.14. The quantitative estimate of drug-likeness (QED) is 0.321. The van der Waals surface area contributed by atoms with E-state index in [-0.39, 0.29) is 0 Å². The van der Waals surface area contributed by atoms with Crippen LogP contribution in [0.2, 0.25) is 0 Å². The first-order chi connectivity index (χ1) is 16.3. The van der Waals surface area contributed by atoms with Crippen molar-refractivity contribution < 1.29 is 0 Å². The Morgan fingerprint density at radius 1 is 0.727 bits per heavy atom. The SMILES string of the molecule is c1ccc(-c2ccc(Nc3ccc(-c4cc5ccc(C6=NCCN6)cc5[nH]4)cc3)cc2)nc1. The van der Waals surface area contributed by atoms with E-state index in [2.05, 4.69) is 98.4 Å². The van der Waals surface area contributed by atoms with Gasteiger partial charge in [0.2, 0.25) is 0 Å². The van der Waals surface area contributed by atoms with E-state index < -0.39 is 0 Å². The van der Waals surface area contributed by atoms with Crippen molar-refractivity contribution in [3.8, 4) is 22.5 Å². The molecule has 0 fully saturated rings. The molecule has 0 unspecified atom stereocenters. The molecule has 0 aliphatic carbocycles. The summed E-state index contributed by atoms with van der Waals surface area (Å²) < 4.78 is 0. The summed E-state index contributed by atoms with van der Waals surface area (Å²) in [4.78, 5) is 12.5. The Balaban J connectivity index is 1.19. The maximum atomic E-state index is 4.52.